The number of nitrogens with two attached hydrogens (primary N) is 1. The van der Waals surface area contributed by atoms with E-state index < -0.39 is 0 Å². The second-order valence-corrected chi connectivity index (χ2v) is 5.24. The molecule has 2 aromatic rings. The van der Waals surface area contributed by atoms with Crippen LogP contribution < -0.4 is 5.73 Å². The Kier molecular flexibility index (Phi) is 2.50. The second kappa shape index (κ2) is 3.59. The van der Waals surface area contributed by atoms with Gasteiger partial charge in [0, 0.05) is 24.4 Å². The summed E-state index contributed by atoms with van der Waals surface area (Å²) in [5, 5.41) is 5.85. The first kappa shape index (κ1) is 11.1. The van der Waals surface area contributed by atoms with E-state index in [9.17, 15) is 0 Å². The molecular weight excluding hydrogens is 198 g/mol. The van der Waals surface area contributed by atoms with Crippen molar-refractivity contribution in [1.29, 1.82) is 0 Å². The number of nitrogens with zero attached hydrogens (tertiary/aromatic N) is 2. The Labute approximate surface area is 96.2 Å². The largest absolute Gasteiger partial charge is 0.326 e. The molecule has 86 valence electrons. The van der Waals surface area contributed by atoms with E-state index in [-0.39, 0.29) is 5.41 Å². The molecule has 2 N–H and O–H groups in total. The van der Waals surface area contributed by atoms with Crippen molar-refractivity contribution in [2.75, 3.05) is 0 Å². The highest BCUT2D eigenvalue weighted by molar-refractivity contribution is 5.86. The highest BCUT2D eigenvalue weighted by atomic mass is 15.3. The zero-order chi connectivity index (χ0) is 11.9. The molecule has 3 heteroatoms. The van der Waals surface area contributed by atoms with Gasteiger partial charge in [0.15, 0.2) is 0 Å². The Morgan fingerprint density at radius 2 is 2.00 bits per heavy atom. The van der Waals surface area contributed by atoms with E-state index in [1.54, 1.807) is 0 Å². The highest BCUT2D eigenvalue weighted by Gasteiger charge is 2.22. The summed E-state index contributed by atoms with van der Waals surface area (Å²) in [5.41, 5.74) is 9.31. The normalized spacial score (nSPS) is 12.3. The van der Waals surface area contributed by atoms with Crippen molar-refractivity contribution in [3.8, 4) is 0 Å². The van der Waals surface area contributed by atoms with Crippen LogP contribution in [0, 0.1) is 0 Å². The third kappa shape index (κ3) is 1.61. The van der Waals surface area contributed by atoms with Crippen molar-refractivity contribution < 1.29 is 0 Å². The number of hydrogen-bond donors (Lipinski definition) is 1. The van der Waals surface area contributed by atoms with Gasteiger partial charge in [-0.05, 0) is 11.6 Å². The second-order valence-electron chi connectivity index (χ2n) is 5.24. The molecule has 0 atom stereocenters. The molecule has 1 aromatic carbocycles. The monoisotopic (exact) mass is 217 g/mol. The van der Waals surface area contributed by atoms with E-state index in [0.29, 0.717) is 6.54 Å². The number of aryl methyl sites for hydroxylation is 1. The quantitative estimate of drug-likeness (QED) is 0.796. The summed E-state index contributed by atoms with van der Waals surface area (Å²) in [6, 6.07) is 6.22. The molecule has 0 saturated heterocycles. The van der Waals surface area contributed by atoms with Gasteiger partial charge < -0.3 is 5.73 Å². The van der Waals surface area contributed by atoms with Crippen LogP contribution >= 0.6 is 0 Å². The minimum Gasteiger partial charge on any atom is -0.326 e. The minimum absolute atomic E-state index is 0.0464. The van der Waals surface area contributed by atoms with E-state index in [0.717, 1.165) is 11.2 Å². The van der Waals surface area contributed by atoms with Crippen molar-refractivity contribution >= 4 is 10.9 Å². The zero-order valence-electron chi connectivity index (χ0n) is 10.4. The van der Waals surface area contributed by atoms with Crippen LogP contribution in [0.15, 0.2) is 18.2 Å². The summed E-state index contributed by atoms with van der Waals surface area (Å²) in [6.07, 6.45) is 0. The molecule has 0 saturated carbocycles. The van der Waals surface area contributed by atoms with Crippen LogP contribution in [-0.4, -0.2) is 9.78 Å². The van der Waals surface area contributed by atoms with Crippen LogP contribution in [0.1, 0.15) is 32.0 Å². The maximum Gasteiger partial charge on any atom is 0.0759 e. The smallest absolute Gasteiger partial charge is 0.0759 e. The summed E-state index contributed by atoms with van der Waals surface area (Å²) in [5.74, 6) is 0. The van der Waals surface area contributed by atoms with Gasteiger partial charge in [0.05, 0.1) is 11.2 Å². The molecule has 0 radical (unpaired) electrons. The zero-order valence-corrected chi connectivity index (χ0v) is 10.4. The summed E-state index contributed by atoms with van der Waals surface area (Å²) < 4.78 is 1.94. The van der Waals surface area contributed by atoms with Gasteiger partial charge in [0.2, 0.25) is 0 Å². The minimum atomic E-state index is 0.0464. The molecule has 1 aromatic heterocycles. The summed E-state index contributed by atoms with van der Waals surface area (Å²) >= 11 is 0. The molecule has 2 rings (SSSR count). The average Bonchev–Trinajstić information content (AvgIpc) is 2.56. The lowest BCUT2D eigenvalue weighted by molar-refractivity contribution is 0.558. The number of benzene rings is 1. The van der Waals surface area contributed by atoms with E-state index in [1.165, 1.54) is 10.9 Å². The SMILES string of the molecule is Cn1nc(C(C)(C)C)c2c(CN)cccc21. The van der Waals surface area contributed by atoms with E-state index >= 15 is 0 Å². The summed E-state index contributed by atoms with van der Waals surface area (Å²) in [6.45, 7) is 7.11. The van der Waals surface area contributed by atoms with Gasteiger partial charge >= 0.3 is 0 Å². The topological polar surface area (TPSA) is 43.8 Å². The molecule has 16 heavy (non-hydrogen) atoms. The van der Waals surface area contributed by atoms with Gasteiger partial charge in [-0.1, -0.05) is 32.9 Å². The van der Waals surface area contributed by atoms with Crippen molar-refractivity contribution in [1.82, 2.24) is 9.78 Å². The van der Waals surface area contributed by atoms with E-state index in [2.05, 4.69) is 38.0 Å². The lowest BCUT2D eigenvalue weighted by Crippen LogP contribution is -2.13. The van der Waals surface area contributed by atoms with Crippen LogP contribution in [0.2, 0.25) is 0 Å². The first-order valence-corrected chi connectivity index (χ1v) is 5.60. The number of rotatable bonds is 1. The predicted octanol–water partition coefficient (Wildman–Crippen LogP) is 2.33. The Morgan fingerprint density at radius 3 is 2.56 bits per heavy atom. The van der Waals surface area contributed by atoms with Crippen molar-refractivity contribution in [3.05, 3.63) is 29.5 Å². The van der Waals surface area contributed by atoms with E-state index in [1.807, 2.05) is 17.8 Å². The van der Waals surface area contributed by atoms with Gasteiger partial charge in [0.25, 0.3) is 0 Å². The standard InChI is InChI=1S/C13H19N3/c1-13(2,3)12-11-9(8-14)6-5-7-10(11)16(4)15-12/h5-7H,8,14H2,1-4H3. The number of hydrogen-bond acceptors (Lipinski definition) is 2. The molecular formula is C13H19N3. The Balaban J connectivity index is 2.85. The fourth-order valence-electron chi connectivity index (χ4n) is 2.08. The van der Waals surface area contributed by atoms with Gasteiger partial charge in [0.1, 0.15) is 0 Å². The van der Waals surface area contributed by atoms with Gasteiger partial charge in [-0.2, -0.15) is 5.10 Å². The molecule has 0 aliphatic carbocycles. The Bertz CT molecular complexity index is 518. The molecule has 1 heterocycles. The maximum atomic E-state index is 5.80. The summed E-state index contributed by atoms with van der Waals surface area (Å²) in [4.78, 5) is 0. The van der Waals surface area contributed by atoms with Crippen LogP contribution in [-0.2, 0) is 19.0 Å². The van der Waals surface area contributed by atoms with Crippen molar-refractivity contribution in [2.24, 2.45) is 12.8 Å². The van der Waals surface area contributed by atoms with Crippen molar-refractivity contribution in [2.45, 2.75) is 32.7 Å². The fraction of sp³-hybridized carbons (Fsp3) is 0.462. The summed E-state index contributed by atoms with van der Waals surface area (Å²) in [7, 11) is 1.98. The molecule has 0 aliphatic heterocycles. The fourth-order valence-corrected chi connectivity index (χ4v) is 2.08. The van der Waals surface area contributed by atoms with Gasteiger partial charge in [-0.15, -0.1) is 0 Å². The van der Waals surface area contributed by atoms with Crippen LogP contribution in [0.25, 0.3) is 10.9 Å². The average molecular weight is 217 g/mol. The third-order valence-corrected chi connectivity index (χ3v) is 2.89. The Morgan fingerprint density at radius 1 is 1.31 bits per heavy atom. The highest BCUT2D eigenvalue weighted by Crippen LogP contribution is 2.31. The lowest BCUT2D eigenvalue weighted by Gasteiger charge is -2.16. The Hall–Kier alpha value is -1.35. The van der Waals surface area contributed by atoms with Gasteiger partial charge in [-0.25, -0.2) is 0 Å². The molecule has 0 bridgehead atoms. The number of fused-ring (bicyclic) bond motifs is 1. The van der Waals surface area contributed by atoms with Crippen LogP contribution in [0.4, 0.5) is 0 Å². The van der Waals surface area contributed by atoms with Gasteiger partial charge in [-0.3, -0.25) is 4.68 Å². The first-order chi connectivity index (χ1) is 7.45. The maximum absolute atomic E-state index is 5.80. The molecule has 0 amide bonds. The van der Waals surface area contributed by atoms with Crippen LogP contribution in [0.5, 0.6) is 0 Å². The number of aromatic nitrogens is 2. The molecule has 3 nitrogen and oxygen atoms in total. The van der Waals surface area contributed by atoms with Crippen LogP contribution in [0.3, 0.4) is 0 Å². The van der Waals surface area contributed by atoms with Crippen molar-refractivity contribution in [3.63, 3.8) is 0 Å². The first-order valence-electron chi connectivity index (χ1n) is 5.60. The molecule has 0 unspecified atom stereocenters. The molecule has 0 fully saturated rings. The van der Waals surface area contributed by atoms with E-state index in [4.69, 9.17) is 5.73 Å². The third-order valence-electron chi connectivity index (χ3n) is 2.89. The molecule has 0 spiro atoms. The molecule has 0 aliphatic rings. The lowest BCUT2D eigenvalue weighted by atomic mass is 9.88. The predicted molar refractivity (Wildman–Crippen MR) is 67.3 cm³/mol.